The van der Waals surface area contributed by atoms with Gasteiger partial charge in [-0.05, 0) is 63.4 Å². The van der Waals surface area contributed by atoms with Gasteiger partial charge < -0.3 is 9.73 Å². The third kappa shape index (κ3) is 3.18. The highest BCUT2D eigenvalue weighted by Gasteiger charge is 2.16. The molecule has 2 nitrogen and oxygen atoms in total. The van der Waals surface area contributed by atoms with Gasteiger partial charge in [0.15, 0.2) is 5.58 Å². The van der Waals surface area contributed by atoms with Gasteiger partial charge in [-0.1, -0.05) is 97.1 Å². The predicted molar refractivity (Wildman–Crippen MR) is 149 cm³/mol. The van der Waals surface area contributed by atoms with Crippen LogP contribution in [0.1, 0.15) is 5.56 Å². The van der Waals surface area contributed by atoms with Crippen LogP contribution in [0.4, 0.5) is 11.4 Å². The van der Waals surface area contributed by atoms with Crippen LogP contribution in [0.3, 0.4) is 0 Å². The van der Waals surface area contributed by atoms with Gasteiger partial charge in [-0.25, -0.2) is 0 Å². The molecule has 6 aromatic carbocycles. The first-order valence-corrected chi connectivity index (χ1v) is 11.9. The minimum absolute atomic E-state index is 0.895. The smallest absolute Gasteiger partial charge is 0.159 e. The Morgan fingerprint density at radius 1 is 0.571 bits per heavy atom. The molecule has 1 N–H and O–H groups in total. The van der Waals surface area contributed by atoms with Gasteiger partial charge in [0.1, 0.15) is 5.58 Å². The monoisotopic (exact) mass is 449 g/mol. The SMILES string of the molecule is Cc1cccc2c1oc1c(Nc3ccc(-c4cccc5ccccc45)cc3)cc3ccccc3c12. The van der Waals surface area contributed by atoms with Crippen LogP contribution in [0, 0.1) is 6.92 Å². The number of benzene rings is 6. The van der Waals surface area contributed by atoms with Crippen molar-refractivity contribution in [2.45, 2.75) is 6.92 Å². The molecule has 1 aromatic heterocycles. The van der Waals surface area contributed by atoms with Crippen LogP contribution in [0.25, 0.3) is 54.6 Å². The van der Waals surface area contributed by atoms with E-state index in [4.69, 9.17) is 4.42 Å². The summed E-state index contributed by atoms with van der Waals surface area (Å²) in [5.74, 6) is 0. The van der Waals surface area contributed by atoms with E-state index in [0.29, 0.717) is 0 Å². The molecule has 7 aromatic rings. The normalized spacial score (nSPS) is 11.6. The first-order valence-electron chi connectivity index (χ1n) is 11.9. The Bertz CT molecular complexity index is 1870. The van der Waals surface area contributed by atoms with E-state index in [2.05, 4.69) is 128 Å². The summed E-state index contributed by atoms with van der Waals surface area (Å²) in [6, 6.07) is 40.7. The Hall–Kier alpha value is -4.56. The Morgan fingerprint density at radius 2 is 1.26 bits per heavy atom. The summed E-state index contributed by atoms with van der Waals surface area (Å²) < 4.78 is 6.47. The van der Waals surface area contributed by atoms with Gasteiger partial charge in [-0.3, -0.25) is 0 Å². The molecular formula is C33H23NO. The van der Waals surface area contributed by atoms with E-state index in [-0.39, 0.29) is 0 Å². The quantitative estimate of drug-likeness (QED) is 0.290. The molecule has 0 fully saturated rings. The van der Waals surface area contributed by atoms with Crippen molar-refractivity contribution in [2.75, 3.05) is 5.32 Å². The van der Waals surface area contributed by atoms with Gasteiger partial charge in [0.25, 0.3) is 0 Å². The number of hydrogen-bond acceptors (Lipinski definition) is 2. The topological polar surface area (TPSA) is 25.2 Å². The number of para-hydroxylation sites is 1. The second-order valence-corrected chi connectivity index (χ2v) is 9.13. The van der Waals surface area contributed by atoms with Gasteiger partial charge >= 0.3 is 0 Å². The van der Waals surface area contributed by atoms with Gasteiger partial charge in [0, 0.05) is 16.5 Å². The fourth-order valence-corrected chi connectivity index (χ4v) is 5.25. The second kappa shape index (κ2) is 7.75. The number of hydrogen-bond donors (Lipinski definition) is 1. The molecular weight excluding hydrogens is 426 g/mol. The van der Waals surface area contributed by atoms with Crippen molar-refractivity contribution < 1.29 is 4.42 Å². The van der Waals surface area contributed by atoms with Crippen molar-refractivity contribution in [1.82, 2.24) is 0 Å². The average molecular weight is 450 g/mol. The second-order valence-electron chi connectivity index (χ2n) is 9.13. The summed E-state index contributed by atoms with van der Waals surface area (Å²) in [7, 11) is 0. The van der Waals surface area contributed by atoms with Crippen molar-refractivity contribution in [2.24, 2.45) is 0 Å². The molecule has 0 spiro atoms. The summed E-state index contributed by atoms with van der Waals surface area (Å²) >= 11 is 0. The highest BCUT2D eigenvalue weighted by Crippen LogP contribution is 2.41. The zero-order valence-electron chi connectivity index (χ0n) is 19.4. The lowest BCUT2D eigenvalue weighted by molar-refractivity contribution is 0.667. The number of aryl methyl sites for hydroxylation is 1. The summed E-state index contributed by atoms with van der Waals surface area (Å²) in [6.45, 7) is 2.10. The summed E-state index contributed by atoms with van der Waals surface area (Å²) in [5.41, 5.74) is 7.45. The zero-order valence-corrected chi connectivity index (χ0v) is 19.4. The molecule has 0 aliphatic heterocycles. The lowest BCUT2D eigenvalue weighted by Crippen LogP contribution is -1.92. The van der Waals surface area contributed by atoms with Crippen LogP contribution in [0.5, 0.6) is 0 Å². The molecule has 0 aliphatic rings. The van der Waals surface area contributed by atoms with E-state index in [1.165, 1.54) is 32.7 Å². The standard InChI is InChI=1S/C33H23NO/c1-21-8-6-15-29-31-28-13-5-3-10-24(28)20-30(33(31)35-32(21)29)34-25-18-16-23(17-19-25)27-14-7-11-22-9-2-4-12-26(22)27/h2-20,34H,1H3. The Morgan fingerprint density at radius 3 is 2.11 bits per heavy atom. The molecule has 0 aliphatic carbocycles. The number of furan rings is 1. The van der Waals surface area contributed by atoms with Crippen LogP contribution in [-0.2, 0) is 0 Å². The Balaban J connectivity index is 1.35. The summed E-state index contributed by atoms with van der Waals surface area (Å²) in [5, 5.41) is 10.9. The average Bonchev–Trinajstić information content (AvgIpc) is 3.31. The number of anilines is 2. The minimum atomic E-state index is 0.895. The zero-order chi connectivity index (χ0) is 23.4. The summed E-state index contributed by atoms with van der Waals surface area (Å²) in [6.07, 6.45) is 0. The Kier molecular flexibility index (Phi) is 4.40. The van der Waals surface area contributed by atoms with Gasteiger partial charge in [-0.15, -0.1) is 0 Å². The molecule has 0 bridgehead atoms. The van der Waals surface area contributed by atoms with Gasteiger partial charge in [-0.2, -0.15) is 0 Å². The third-order valence-electron chi connectivity index (χ3n) is 6.95. The number of rotatable bonds is 3. The van der Waals surface area contributed by atoms with Gasteiger partial charge in [0.2, 0.25) is 0 Å². The Labute approximate surface area is 203 Å². The van der Waals surface area contributed by atoms with Gasteiger partial charge in [0.05, 0.1) is 5.69 Å². The van der Waals surface area contributed by atoms with E-state index < -0.39 is 0 Å². The lowest BCUT2D eigenvalue weighted by Gasteiger charge is -2.11. The molecule has 1 heterocycles. The van der Waals surface area contributed by atoms with Crippen LogP contribution < -0.4 is 5.32 Å². The molecule has 0 saturated carbocycles. The highest BCUT2D eigenvalue weighted by molar-refractivity contribution is 6.22. The molecule has 0 radical (unpaired) electrons. The third-order valence-corrected chi connectivity index (χ3v) is 6.95. The predicted octanol–water partition coefficient (Wildman–Crippen LogP) is 9.61. The fourth-order valence-electron chi connectivity index (χ4n) is 5.25. The molecule has 35 heavy (non-hydrogen) atoms. The lowest BCUT2D eigenvalue weighted by atomic mass is 9.98. The minimum Gasteiger partial charge on any atom is -0.454 e. The molecule has 0 atom stereocenters. The van der Waals surface area contributed by atoms with Crippen molar-refractivity contribution >= 4 is 54.9 Å². The van der Waals surface area contributed by atoms with E-state index in [9.17, 15) is 0 Å². The first kappa shape index (κ1) is 19.9. The van der Waals surface area contributed by atoms with E-state index >= 15 is 0 Å². The number of fused-ring (bicyclic) bond motifs is 6. The van der Waals surface area contributed by atoms with Crippen LogP contribution in [0.2, 0.25) is 0 Å². The molecule has 0 amide bonds. The van der Waals surface area contributed by atoms with E-state index in [0.717, 1.165) is 38.9 Å². The van der Waals surface area contributed by atoms with Crippen LogP contribution >= 0.6 is 0 Å². The van der Waals surface area contributed by atoms with E-state index in [1.54, 1.807) is 0 Å². The van der Waals surface area contributed by atoms with Crippen LogP contribution in [-0.4, -0.2) is 0 Å². The highest BCUT2D eigenvalue weighted by atomic mass is 16.3. The van der Waals surface area contributed by atoms with Crippen molar-refractivity contribution in [3.05, 3.63) is 121 Å². The summed E-state index contributed by atoms with van der Waals surface area (Å²) in [4.78, 5) is 0. The largest absolute Gasteiger partial charge is 0.454 e. The van der Waals surface area contributed by atoms with Crippen molar-refractivity contribution in [1.29, 1.82) is 0 Å². The molecule has 0 saturated heterocycles. The fraction of sp³-hybridized carbons (Fsp3) is 0.0303. The molecule has 166 valence electrons. The molecule has 0 unspecified atom stereocenters. The maximum Gasteiger partial charge on any atom is 0.159 e. The van der Waals surface area contributed by atoms with Crippen molar-refractivity contribution in [3.8, 4) is 11.1 Å². The maximum absolute atomic E-state index is 6.47. The van der Waals surface area contributed by atoms with E-state index in [1.807, 2.05) is 0 Å². The first-order chi connectivity index (χ1) is 17.3. The molecule has 2 heteroatoms. The molecule has 7 rings (SSSR count). The number of nitrogens with one attached hydrogen (secondary N) is 1. The van der Waals surface area contributed by atoms with Crippen LogP contribution in [0.15, 0.2) is 120 Å². The van der Waals surface area contributed by atoms with Crippen molar-refractivity contribution in [3.63, 3.8) is 0 Å². The maximum atomic E-state index is 6.47.